The number of nitro benzene ring substituents is 1. The Morgan fingerprint density at radius 2 is 2.05 bits per heavy atom. The average Bonchev–Trinajstić information content (AvgIpc) is 2.41. The van der Waals surface area contributed by atoms with Crippen LogP contribution in [0.3, 0.4) is 0 Å². The van der Waals surface area contributed by atoms with Gasteiger partial charge in [-0.2, -0.15) is 0 Å². The van der Waals surface area contributed by atoms with E-state index in [4.69, 9.17) is 21.4 Å². The van der Waals surface area contributed by atoms with E-state index in [9.17, 15) is 14.9 Å². The van der Waals surface area contributed by atoms with Crippen molar-refractivity contribution in [1.82, 2.24) is 0 Å². The lowest BCUT2D eigenvalue weighted by atomic mass is 10.1. The van der Waals surface area contributed by atoms with E-state index < -0.39 is 16.6 Å². The zero-order valence-electron chi connectivity index (χ0n) is 10.9. The normalized spacial score (nSPS) is 10.2. The number of carboxylic acids is 1. The molecule has 0 amide bonds. The van der Waals surface area contributed by atoms with Gasteiger partial charge in [-0.05, 0) is 30.7 Å². The van der Waals surface area contributed by atoms with Crippen LogP contribution in [0, 0.1) is 17.0 Å². The van der Waals surface area contributed by atoms with E-state index in [1.807, 2.05) is 6.92 Å². The third-order valence-corrected chi connectivity index (χ3v) is 3.02. The van der Waals surface area contributed by atoms with Gasteiger partial charge in [0.05, 0.1) is 9.95 Å². The SMILES string of the molecule is Cc1ccc(Oc2c(C(=O)O)cccc2[N+](=O)[O-])c(Cl)c1. The molecule has 0 bridgehead atoms. The number of hydrogen-bond donors (Lipinski definition) is 1. The van der Waals surface area contributed by atoms with Gasteiger partial charge in [-0.1, -0.05) is 23.7 Å². The maximum atomic E-state index is 11.2. The van der Waals surface area contributed by atoms with Gasteiger partial charge in [0, 0.05) is 6.07 Å². The van der Waals surface area contributed by atoms with Crippen LogP contribution in [0.15, 0.2) is 36.4 Å². The molecule has 7 heteroatoms. The van der Waals surface area contributed by atoms with Crippen molar-refractivity contribution in [2.45, 2.75) is 6.92 Å². The number of aromatic carboxylic acids is 1. The number of ether oxygens (including phenoxy) is 1. The molecule has 0 aliphatic rings. The van der Waals surface area contributed by atoms with Crippen LogP contribution in [0.25, 0.3) is 0 Å². The van der Waals surface area contributed by atoms with E-state index in [0.29, 0.717) is 0 Å². The fourth-order valence-electron chi connectivity index (χ4n) is 1.74. The second kappa shape index (κ2) is 5.80. The average molecular weight is 308 g/mol. The third-order valence-electron chi connectivity index (χ3n) is 2.72. The highest BCUT2D eigenvalue weighted by Crippen LogP contribution is 2.37. The molecule has 0 fully saturated rings. The van der Waals surface area contributed by atoms with E-state index in [1.54, 1.807) is 12.1 Å². The first kappa shape index (κ1) is 14.8. The minimum absolute atomic E-state index is 0.152. The first-order valence-electron chi connectivity index (χ1n) is 5.85. The van der Waals surface area contributed by atoms with E-state index in [0.717, 1.165) is 5.56 Å². The fraction of sp³-hybridized carbons (Fsp3) is 0.0714. The van der Waals surface area contributed by atoms with Crippen LogP contribution in [-0.2, 0) is 0 Å². The van der Waals surface area contributed by atoms with Crippen LogP contribution in [-0.4, -0.2) is 16.0 Å². The topological polar surface area (TPSA) is 89.7 Å². The van der Waals surface area contributed by atoms with Gasteiger partial charge >= 0.3 is 11.7 Å². The van der Waals surface area contributed by atoms with Gasteiger partial charge in [0.1, 0.15) is 11.3 Å². The Balaban J connectivity index is 2.56. The summed E-state index contributed by atoms with van der Waals surface area (Å²) in [6, 6.07) is 8.53. The number of benzene rings is 2. The Labute approximate surface area is 124 Å². The summed E-state index contributed by atoms with van der Waals surface area (Å²) < 4.78 is 5.39. The molecule has 0 saturated carbocycles. The Morgan fingerprint density at radius 1 is 1.33 bits per heavy atom. The summed E-state index contributed by atoms with van der Waals surface area (Å²) in [5, 5.41) is 20.4. The smallest absolute Gasteiger partial charge is 0.339 e. The summed E-state index contributed by atoms with van der Waals surface area (Å²) in [6.45, 7) is 1.82. The van der Waals surface area contributed by atoms with Crippen LogP contribution >= 0.6 is 11.6 Å². The maximum absolute atomic E-state index is 11.2. The minimum Gasteiger partial charge on any atom is -0.478 e. The Bertz CT molecular complexity index is 697. The molecule has 0 atom stereocenters. The predicted molar refractivity (Wildman–Crippen MR) is 76.3 cm³/mol. The van der Waals surface area contributed by atoms with E-state index in [-0.39, 0.29) is 22.1 Å². The molecule has 2 rings (SSSR count). The van der Waals surface area contributed by atoms with Crippen molar-refractivity contribution >= 4 is 23.3 Å². The van der Waals surface area contributed by atoms with Crippen LogP contribution in [0.4, 0.5) is 5.69 Å². The van der Waals surface area contributed by atoms with Crippen molar-refractivity contribution in [3.63, 3.8) is 0 Å². The molecular weight excluding hydrogens is 298 g/mol. The number of nitro groups is 1. The number of halogens is 1. The number of para-hydroxylation sites is 1. The second-order valence-corrected chi connectivity index (χ2v) is 4.66. The van der Waals surface area contributed by atoms with Crippen molar-refractivity contribution in [2.24, 2.45) is 0 Å². The van der Waals surface area contributed by atoms with Gasteiger partial charge < -0.3 is 9.84 Å². The fourth-order valence-corrected chi connectivity index (χ4v) is 2.02. The van der Waals surface area contributed by atoms with Crippen molar-refractivity contribution in [2.75, 3.05) is 0 Å². The quantitative estimate of drug-likeness (QED) is 0.680. The number of carbonyl (C=O) groups is 1. The van der Waals surface area contributed by atoms with Crippen molar-refractivity contribution in [3.05, 3.63) is 62.7 Å². The monoisotopic (exact) mass is 307 g/mol. The Kier molecular flexibility index (Phi) is 4.09. The van der Waals surface area contributed by atoms with Gasteiger partial charge in [0.25, 0.3) is 0 Å². The highest BCUT2D eigenvalue weighted by atomic mass is 35.5. The predicted octanol–water partition coefficient (Wildman–Crippen LogP) is 4.05. The number of carboxylic acid groups (broad SMARTS) is 1. The molecule has 21 heavy (non-hydrogen) atoms. The molecule has 0 aromatic heterocycles. The summed E-state index contributed by atoms with van der Waals surface area (Å²) in [5.41, 5.74) is 0.140. The summed E-state index contributed by atoms with van der Waals surface area (Å²) in [6.07, 6.45) is 0. The number of aryl methyl sites for hydroxylation is 1. The molecule has 1 N–H and O–H groups in total. The number of hydrogen-bond acceptors (Lipinski definition) is 4. The van der Waals surface area contributed by atoms with Crippen LogP contribution in [0.1, 0.15) is 15.9 Å². The van der Waals surface area contributed by atoms with Gasteiger partial charge in [0.2, 0.25) is 5.75 Å². The largest absolute Gasteiger partial charge is 0.478 e. The van der Waals surface area contributed by atoms with E-state index >= 15 is 0 Å². The lowest BCUT2D eigenvalue weighted by Gasteiger charge is -2.10. The van der Waals surface area contributed by atoms with Gasteiger partial charge in [-0.25, -0.2) is 4.79 Å². The highest BCUT2D eigenvalue weighted by Gasteiger charge is 2.24. The van der Waals surface area contributed by atoms with E-state index in [2.05, 4.69) is 0 Å². The molecule has 0 radical (unpaired) electrons. The van der Waals surface area contributed by atoms with Gasteiger partial charge in [-0.15, -0.1) is 0 Å². The van der Waals surface area contributed by atoms with Crippen LogP contribution in [0.2, 0.25) is 5.02 Å². The number of nitrogens with zero attached hydrogens (tertiary/aromatic N) is 1. The lowest BCUT2D eigenvalue weighted by Crippen LogP contribution is -2.03. The summed E-state index contributed by atoms with van der Waals surface area (Å²) in [4.78, 5) is 21.5. The first-order valence-corrected chi connectivity index (χ1v) is 6.22. The first-order chi connectivity index (χ1) is 9.90. The van der Waals surface area contributed by atoms with Crippen molar-refractivity contribution in [3.8, 4) is 11.5 Å². The van der Waals surface area contributed by atoms with Crippen molar-refractivity contribution in [1.29, 1.82) is 0 Å². The molecule has 2 aromatic carbocycles. The Hall–Kier alpha value is -2.60. The molecule has 0 aliphatic heterocycles. The van der Waals surface area contributed by atoms with Crippen LogP contribution < -0.4 is 4.74 Å². The van der Waals surface area contributed by atoms with Crippen LogP contribution in [0.5, 0.6) is 11.5 Å². The van der Waals surface area contributed by atoms with Gasteiger partial charge in [0.15, 0.2) is 0 Å². The molecule has 0 heterocycles. The molecule has 2 aromatic rings. The minimum atomic E-state index is -1.32. The van der Waals surface area contributed by atoms with E-state index in [1.165, 1.54) is 24.3 Å². The second-order valence-electron chi connectivity index (χ2n) is 4.25. The zero-order chi connectivity index (χ0) is 15.6. The molecule has 0 saturated heterocycles. The third kappa shape index (κ3) is 3.11. The molecule has 6 nitrogen and oxygen atoms in total. The molecule has 0 spiro atoms. The molecule has 0 unspecified atom stereocenters. The highest BCUT2D eigenvalue weighted by molar-refractivity contribution is 6.32. The summed E-state index contributed by atoms with van der Waals surface area (Å²) >= 11 is 6.00. The standard InChI is InChI=1S/C14H10ClNO5/c1-8-5-6-12(10(15)7-8)21-13-9(14(17)18)3-2-4-11(13)16(19)20/h2-7H,1H3,(H,17,18). The zero-order valence-corrected chi connectivity index (χ0v) is 11.6. The summed E-state index contributed by atoms with van der Waals surface area (Å²) in [7, 11) is 0. The molecular formula is C14H10ClNO5. The van der Waals surface area contributed by atoms with Crippen molar-refractivity contribution < 1.29 is 19.6 Å². The lowest BCUT2D eigenvalue weighted by molar-refractivity contribution is -0.385. The molecule has 108 valence electrons. The summed E-state index contributed by atoms with van der Waals surface area (Å²) in [5.74, 6) is -1.52. The maximum Gasteiger partial charge on any atom is 0.339 e. The Morgan fingerprint density at radius 3 is 2.62 bits per heavy atom. The number of rotatable bonds is 4. The van der Waals surface area contributed by atoms with Gasteiger partial charge in [-0.3, -0.25) is 10.1 Å². The molecule has 0 aliphatic carbocycles.